The maximum atomic E-state index is 14.1. The molecule has 0 spiro atoms. The summed E-state index contributed by atoms with van der Waals surface area (Å²) in [4.78, 5) is 12.5. The molecule has 8 nitrogen and oxygen atoms in total. The molecule has 4 N–H and O–H groups in total. The summed E-state index contributed by atoms with van der Waals surface area (Å²) in [7, 11) is -8.14. The molecule has 1 amide bonds. The van der Waals surface area contributed by atoms with Crippen LogP contribution in [0.2, 0.25) is 0 Å². The number of nitrogens with one attached hydrogen (secondary N) is 2. The van der Waals surface area contributed by atoms with Gasteiger partial charge in [-0.25, -0.2) is 26.4 Å². The van der Waals surface area contributed by atoms with E-state index in [-0.39, 0.29) is 12.1 Å². The maximum absolute atomic E-state index is 14.1. The van der Waals surface area contributed by atoms with Crippen LogP contribution in [0, 0.1) is 5.82 Å². The summed E-state index contributed by atoms with van der Waals surface area (Å²) in [6.07, 6.45) is -0.00275. The average molecular weight is 492 g/mol. The van der Waals surface area contributed by atoms with Crippen molar-refractivity contribution >= 4 is 31.6 Å². The molecule has 0 saturated heterocycles. The van der Waals surface area contributed by atoms with Crippen molar-refractivity contribution in [3.63, 3.8) is 0 Å². The Balaban J connectivity index is 1.87. The second-order valence-electron chi connectivity index (χ2n) is 7.29. The van der Waals surface area contributed by atoms with E-state index >= 15 is 0 Å². The van der Waals surface area contributed by atoms with Crippen LogP contribution in [-0.2, 0) is 37.0 Å². The summed E-state index contributed by atoms with van der Waals surface area (Å²) in [5.74, 6) is -2.07. The quantitative estimate of drug-likeness (QED) is 0.421. The highest BCUT2D eigenvalue weighted by Gasteiger charge is 2.28. The van der Waals surface area contributed by atoms with Crippen LogP contribution in [0.1, 0.15) is 11.1 Å². The number of nitrogens with two attached hydrogens (primary N) is 1. The van der Waals surface area contributed by atoms with Gasteiger partial charge in [0.05, 0.1) is 5.75 Å². The molecule has 11 heteroatoms. The Morgan fingerprint density at radius 3 is 2.18 bits per heavy atom. The van der Waals surface area contributed by atoms with Crippen molar-refractivity contribution in [1.82, 2.24) is 4.72 Å². The highest BCUT2D eigenvalue weighted by molar-refractivity contribution is 7.89. The summed E-state index contributed by atoms with van der Waals surface area (Å²) < 4.78 is 64.7. The van der Waals surface area contributed by atoms with Gasteiger partial charge in [0.2, 0.25) is 26.0 Å². The van der Waals surface area contributed by atoms with E-state index in [1.165, 1.54) is 36.4 Å². The van der Waals surface area contributed by atoms with E-state index < -0.39 is 48.5 Å². The second kappa shape index (κ2) is 10.2. The normalized spacial score (nSPS) is 12.8. The van der Waals surface area contributed by atoms with Gasteiger partial charge in [-0.05, 0) is 41.8 Å². The first kappa shape index (κ1) is 24.5. The van der Waals surface area contributed by atoms with Crippen molar-refractivity contribution in [2.45, 2.75) is 23.1 Å². The Hall–Kier alpha value is -3.12. The van der Waals surface area contributed by atoms with Crippen molar-refractivity contribution in [2.75, 3.05) is 5.32 Å². The predicted octanol–water partition coefficient (Wildman–Crippen LogP) is 2.14. The molecule has 0 aliphatic rings. The number of benzene rings is 3. The van der Waals surface area contributed by atoms with Crippen molar-refractivity contribution in [3.05, 3.63) is 95.8 Å². The molecule has 0 saturated carbocycles. The summed E-state index contributed by atoms with van der Waals surface area (Å²) in [5.41, 5.74) is 1.28. The van der Waals surface area contributed by atoms with Crippen LogP contribution in [0.15, 0.2) is 83.8 Å². The molecule has 0 fully saturated rings. The first-order valence-corrected chi connectivity index (χ1v) is 12.9. The highest BCUT2D eigenvalue weighted by Crippen LogP contribution is 2.17. The van der Waals surface area contributed by atoms with Gasteiger partial charge in [-0.15, -0.1) is 0 Å². The Morgan fingerprint density at radius 1 is 0.879 bits per heavy atom. The third kappa shape index (κ3) is 7.19. The van der Waals surface area contributed by atoms with E-state index in [2.05, 4.69) is 10.0 Å². The number of hydrogen-bond acceptors (Lipinski definition) is 5. The number of amides is 1. The smallest absolute Gasteiger partial charge is 0.244 e. The fraction of sp³-hybridized carbons (Fsp3) is 0.136. The van der Waals surface area contributed by atoms with Gasteiger partial charge in [0.25, 0.3) is 0 Å². The molecular weight excluding hydrogens is 469 g/mol. The third-order valence-corrected chi connectivity index (χ3v) is 6.83. The van der Waals surface area contributed by atoms with E-state index in [0.29, 0.717) is 11.1 Å². The standard InChI is InChI=1S/C22H22FN3O5S2/c23-19-11-4-5-12-21(19)33(30,31)26-20(14-16-7-2-1-3-8-16)22(27)25-18-10-6-9-17(13-18)15-32(24,28)29/h1-13,20,26H,14-15H2,(H,25,27)(H2,24,28,29)/t20-/m0/s1. The van der Waals surface area contributed by atoms with E-state index in [1.54, 1.807) is 30.3 Å². The number of rotatable bonds is 9. The molecule has 0 aliphatic heterocycles. The Bertz CT molecular complexity index is 1350. The molecule has 0 radical (unpaired) electrons. The van der Waals surface area contributed by atoms with E-state index in [1.807, 2.05) is 0 Å². The Labute approximate surface area is 191 Å². The minimum atomic E-state index is -4.36. The first-order chi connectivity index (χ1) is 15.5. The summed E-state index contributed by atoms with van der Waals surface area (Å²) in [6.45, 7) is 0. The van der Waals surface area contributed by atoms with Crippen molar-refractivity contribution in [2.24, 2.45) is 5.14 Å². The molecular formula is C22H22FN3O5S2. The lowest BCUT2D eigenvalue weighted by Gasteiger charge is -2.19. The average Bonchev–Trinajstić information content (AvgIpc) is 2.73. The van der Waals surface area contributed by atoms with Crippen molar-refractivity contribution < 1.29 is 26.0 Å². The van der Waals surface area contributed by atoms with Gasteiger partial charge in [-0.2, -0.15) is 4.72 Å². The maximum Gasteiger partial charge on any atom is 0.244 e. The largest absolute Gasteiger partial charge is 0.325 e. The van der Waals surface area contributed by atoms with Gasteiger partial charge < -0.3 is 5.32 Å². The zero-order chi connectivity index (χ0) is 24.1. The zero-order valence-corrected chi connectivity index (χ0v) is 18.9. The van der Waals surface area contributed by atoms with Crippen LogP contribution in [0.4, 0.5) is 10.1 Å². The van der Waals surface area contributed by atoms with Crippen LogP contribution in [0.3, 0.4) is 0 Å². The summed E-state index contributed by atoms with van der Waals surface area (Å²) in [5, 5.41) is 7.65. The lowest BCUT2D eigenvalue weighted by Crippen LogP contribution is -2.45. The second-order valence-corrected chi connectivity index (χ2v) is 10.6. The molecule has 0 bridgehead atoms. The van der Waals surface area contributed by atoms with Crippen molar-refractivity contribution in [1.29, 1.82) is 0 Å². The number of carbonyl (C=O) groups is 1. The zero-order valence-electron chi connectivity index (χ0n) is 17.3. The van der Waals surface area contributed by atoms with Gasteiger partial charge in [-0.1, -0.05) is 54.6 Å². The molecule has 1 atom stereocenters. The first-order valence-electron chi connectivity index (χ1n) is 9.74. The molecule has 0 heterocycles. The molecule has 0 aromatic heterocycles. The van der Waals surface area contributed by atoms with Gasteiger partial charge in [0.1, 0.15) is 16.8 Å². The van der Waals surface area contributed by atoms with Crippen LogP contribution >= 0.6 is 0 Å². The van der Waals surface area contributed by atoms with Gasteiger partial charge in [0.15, 0.2) is 0 Å². The summed E-state index contributed by atoms with van der Waals surface area (Å²) >= 11 is 0. The lowest BCUT2D eigenvalue weighted by molar-refractivity contribution is -0.117. The fourth-order valence-electron chi connectivity index (χ4n) is 3.15. The van der Waals surface area contributed by atoms with E-state index in [9.17, 15) is 26.0 Å². The number of carbonyl (C=O) groups excluding carboxylic acids is 1. The fourth-order valence-corrected chi connectivity index (χ4v) is 5.07. The van der Waals surface area contributed by atoms with Crippen molar-refractivity contribution in [3.8, 4) is 0 Å². The topological polar surface area (TPSA) is 135 Å². The monoisotopic (exact) mass is 491 g/mol. The summed E-state index contributed by atoms with van der Waals surface area (Å²) in [6, 6.07) is 18.3. The Morgan fingerprint density at radius 2 is 1.52 bits per heavy atom. The number of primary sulfonamides is 1. The molecule has 174 valence electrons. The van der Waals surface area contributed by atoms with Crippen LogP contribution in [0.5, 0.6) is 0 Å². The molecule has 0 unspecified atom stereocenters. The number of anilines is 1. The highest BCUT2D eigenvalue weighted by atomic mass is 32.2. The van der Waals surface area contributed by atoms with Crippen LogP contribution in [0.25, 0.3) is 0 Å². The molecule has 3 aromatic rings. The minimum Gasteiger partial charge on any atom is -0.325 e. The van der Waals surface area contributed by atoms with Gasteiger partial charge in [-0.3, -0.25) is 4.79 Å². The lowest BCUT2D eigenvalue weighted by atomic mass is 10.1. The Kier molecular flexibility index (Phi) is 7.59. The predicted molar refractivity (Wildman–Crippen MR) is 123 cm³/mol. The number of sulfonamides is 2. The van der Waals surface area contributed by atoms with Gasteiger partial charge in [0, 0.05) is 5.69 Å². The minimum absolute atomic E-state index is 0.00275. The third-order valence-electron chi connectivity index (χ3n) is 4.59. The number of halogens is 1. The number of hydrogen-bond donors (Lipinski definition) is 3. The van der Waals surface area contributed by atoms with Crippen LogP contribution in [-0.4, -0.2) is 28.8 Å². The molecule has 33 heavy (non-hydrogen) atoms. The molecule has 3 rings (SSSR count). The molecule has 3 aromatic carbocycles. The SMILES string of the molecule is NS(=O)(=O)Cc1cccc(NC(=O)[C@H](Cc2ccccc2)NS(=O)(=O)c2ccccc2F)c1. The van der Waals surface area contributed by atoms with E-state index in [0.717, 1.165) is 12.1 Å². The van der Waals surface area contributed by atoms with Gasteiger partial charge >= 0.3 is 0 Å². The van der Waals surface area contributed by atoms with E-state index in [4.69, 9.17) is 5.14 Å². The molecule has 0 aliphatic carbocycles. The van der Waals surface area contributed by atoms with Crippen LogP contribution < -0.4 is 15.2 Å².